The molecule has 4 nitrogen and oxygen atoms in total. The van der Waals surface area contributed by atoms with Gasteiger partial charge in [-0.15, -0.1) is 0 Å². The lowest BCUT2D eigenvalue weighted by molar-refractivity contribution is 0.0991. The second-order valence-corrected chi connectivity index (χ2v) is 8.93. The van der Waals surface area contributed by atoms with E-state index in [4.69, 9.17) is 0 Å². The summed E-state index contributed by atoms with van der Waals surface area (Å²) in [5.41, 5.74) is 6.33. The van der Waals surface area contributed by atoms with Gasteiger partial charge in [0, 0.05) is 35.9 Å². The third-order valence-electron chi connectivity index (χ3n) is 5.36. The lowest BCUT2D eigenvalue weighted by Crippen LogP contribution is -2.28. The summed E-state index contributed by atoms with van der Waals surface area (Å²) in [6.07, 6.45) is 9.61. The van der Waals surface area contributed by atoms with Crippen LogP contribution < -0.4 is 4.90 Å². The molecule has 0 aliphatic heterocycles. The maximum absolute atomic E-state index is 13.6. The van der Waals surface area contributed by atoms with Crippen LogP contribution in [0.1, 0.15) is 81.3 Å². The second-order valence-electron chi connectivity index (χ2n) is 8.93. The van der Waals surface area contributed by atoms with E-state index in [-0.39, 0.29) is 11.3 Å². The van der Waals surface area contributed by atoms with Gasteiger partial charge in [-0.1, -0.05) is 71.6 Å². The summed E-state index contributed by atoms with van der Waals surface area (Å²) in [7, 11) is 1.76. The highest BCUT2D eigenvalue weighted by molar-refractivity contribution is 6.09. The lowest BCUT2D eigenvalue weighted by Gasteiger charge is -2.21. The first-order valence-corrected chi connectivity index (χ1v) is 11.5. The van der Waals surface area contributed by atoms with E-state index in [2.05, 4.69) is 43.5 Å². The van der Waals surface area contributed by atoms with Gasteiger partial charge in [-0.3, -0.25) is 9.69 Å². The molecule has 0 radical (unpaired) electrons. The van der Waals surface area contributed by atoms with Crippen LogP contribution in [0.5, 0.6) is 0 Å². The van der Waals surface area contributed by atoms with Gasteiger partial charge in [-0.2, -0.15) is 0 Å². The molecule has 0 atom stereocenters. The molecule has 2 aromatic heterocycles. The number of carbonyl (C=O) groups is 1. The van der Waals surface area contributed by atoms with E-state index >= 15 is 0 Å². The Morgan fingerprint density at radius 2 is 1.76 bits per heavy atom. The third-order valence-corrected chi connectivity index (χ3v) is 5.36. The average molecular weight is 448 g/mol. The normalized spacial score (nSPS) is 11.8. The van der Waals surface area contributed by atoms with Crippen LogP contribution in [0, 0.1) is 13.8 Å². The number of rotatable bonds is 6. The molecule has 0 aromatic carbocycles. The molecule has 4 heteroatoms. The molecule has 0 saturated heterocycles. The molecule has 2 heterocycles. The number of allylic oxidation sites excluding steroid dienone is 5. The van der Waals surface area contributed by atoms with Gasteiger partial charge in [0.2, 0.25) is 0 Å². The quantitative estimate of drug-likeness (QED) is 0.425. The highest BCUT2D eigenvalue weighted by atomic mass is 16.2. The number of hydrogen-bond donors (Lipinski definition) is 0. The van der Waals surface area contributed by atoms with Crippen molar-refractivity contribution in [3.63, 3.8) is 0 Å². The summed E-state index contributed by atoms with van der Waals surface area (Å²) >= 11 is 0. The first kappa shape index (κ1) is 27.9. The molecule has 0 N–H and O–H groups in total. The smallest absolute Gasteiger partial charge is 0.261 e. The Hall–Kier alpha value is -3.14. The summed E-state index contributed by atoms with van der Waals surface area (Å²) in [6, 6.07) is 3.93. The number of pyridine rings is 1. The third kappa shape index (κ3) is 6.22. The van der Waals surface area contributed by atoms with Crippen LogP contribution in [-0.2, 0) is 5.41 Å². The molecule has 33 heavy (non-hydrogen) atoms. The summed E-state index contributed by atoms with van der Waals surface area (Å²) in [4.78, 5) is 19.7. The van der Waals surface area contributed by atoms with Crippen molar-refractivity contribution >= 4 is 23.5 Å². The molecule has 0 aliphatic carbocycles. The second kappa shape index (κ2) is 11.6. The molecule has 0 fully saturated rings. The van der Waals surface area contributed by atoms with Gasteiger partial charge in [0.05, 0.1) is 5.56 Å². The van der Waals surface area contributed by atoms with Crippen LogP contribution in [0.25, 0.3) is 11.8 Å². The number of hydrogen-bond acceptors (Lipinski definition) is 2. The van der Waals surface area contributed by atoms with Crippen molar-refractivity contribution in [3.8, 4) is 0 Å². The van der Waals surface area contributed by atoms with Gasteiger partial charge >= 0.3 is 0 Å². The minimum atomic E-state index is -0.111. The molecule has 0 spiro atoms. The van der Waals surface area contributed by atoms with E-state index in [0.717, 1.165) is 33.8 Å². The van der Waals surface area contributed by atoms with Gasteiger partial charge in [0.1, 0.15) is 5.82 Å². The molecule has 0 saturated carbocycles. The van der Waals surface area contributed by atoms with Crippen LogP contribution in [0.3, 0.4) is 0 Å². The number of carbonyl (C=O) groups excluding carboxylic acids is 1. The van der Waals surface area contributed by atoms with Gasteiger partial charge in [-0.05, 0) is 56.9 Å². The zero-order valence-electron chi connectivity index (χ0n) is 22.2. The number of aromatic nitrogens is 2. The predicted molar refractivity (Wildman–Crippen MR) is 145 cm³/mol. The molecule has 2 aromatic rings. The number of nitrogens with zero attached hydrogens (tertiary/aromatic N) is 3. The van der Waals surface area contributed by atoms with Crippen molar-refractivity contribution in [1.82, 2.24) is 9.55 Å². The Bertz CT molecular complexity index is 1060. The van der Waals surface area contributed by atoms with E-state index in [1.54, 1.807) is 18.0 Å². The Balaban J connectivity index is 0.00000265. The summed E-state index contributed by atoms with van der Waals surface area (Å²) in [5.74, 6) is 0.504. The summed E-state index contributed by atoms with van der Waals surface area (Å²) in [5, 5.41) is 0. The minimum absolute atomic E-state index is 0.00779. The Morgan fingerprint density at radius 1 is 1.15 bits per heavy atom. The molecule has 178 valence electrons. The number of amides is 1. The largest absolute Gasteiger partial charge is 0.317 e. The van der Waals surface area contributed by atoms with Crippen LogP contribution in [0.4, 0.5) is 5.82 Å². The zero-order valence-corrected chi connectivity index (χ0v) is 22.2. The van der Waals surface area contributed by atoms with Crippen molar-refractivity contribution in [2.45, 2.75) is 67.7 Å². The topological polar surface area (TPSA) is 38.1 Å². The molecule has 0 aliphatic rings. The monoisotopic (exact) mass is 447 g/mol. The Kier molecular flexibility index (Phi) is 9.84. The lowest BCUT2D eigenvalue weighted by atomic mass is 9.88. The summed E-state index contributed by atoms with van der Waals surface area (Å²) in [6.45, 7) is 26.3. The van der Waals surface area contributed by atoms with E-state index in [0.29, 0.717) is 11.4 Å². The standard InChI is InChI=1S/C27H35N3O.C2H6/c1-11-13-22(16-18(3)4)30-19(5)23(12-2)25(20(30)6)26(31)29(10)24-15-14-21(17-28-24)27(7,8)9;1-2/h11-17H,2-3H2,1,4-10H3;1-2H3/b13-11-,22-16+;. The molecular formula is C29H41N3O. The Morgan fingerprint density at radius 3 is 2.18 bits per heavy atom. The SMILES string of the molecule is C=Cc1c(C(=O)N(C)c2ccc(C(C)(C)C)cn2)c(C)n(C(/C=C\C)=C/C(=C)C)c1C.CC. The van der Waals surface area contributed by atoms with Crippen molar-refractivity contribution in [3.05, 3.63) is 83.4 Å². The minimum Gasteiger partial charge on any atom is -0.317 e. The van der Waals surface area contributed by atoms with E-state index in [9.17, 15) is 4.79 Å². The maximum Gasteiger partial charge on any atom is 0.261 e. The zero-order chi connectivity index (χ0) is 25.5. The summed E-state index contributed by atoms with van der Waals surface area (Å²) < 4.78 is 2.09. The highest BCUT2D eigenvalue weighted by Gasteiger charge is 2.26. The average Bonchev–Trinajstić information content (AvgIpc) is 3.02. The van der Waals surface area contributed by atoms with Crippen molar-refractivity contribution in [2.24, 2.45) is 0 Å². The van der Waals surface area contributed by atoms with E-state index in [1.807, 2.05) is 78.1 Å². The highest BCUT2D eigenvalue weighted by Crippen LogP contribution is 2.30. The Labute approximate surface area is 201 Å². The predicted octanol–water partition coefficient (Wildman–Crippen LogP) is 7.74. The fourth-order valence-electron chi connectivity index (χ4n) is 3.68. The molecule has 0 bridgehead atoms. The first-order valence-electron chi connectivity index (χ1n) is 11.5. The fraction of sp³-hybridized carbons (Fsp3) is 0.379. The van der Waals surface area contributed by atoms with Crippen molar-refractivity contribution in [2.75, 3.05) is 11.9 Å². The van der Waals surface area contributed by atoms with Crippen molar-refractivity contribution in [1.29, 1.82) is 0 Å². The van der Waals surface area contributed by atoms with E-state index < -0.39 is 0 Å². The van der Waals surface area contributed by atoms with Gasteiger partial charge in [-0.25, -0.2) is 4.98 Å². The van der Waals surface area contributed by atoms with Gasteiger partial charge in [0.25, 0.3) is 5.91 Å². The molecular weight excluding hydrogens is 406 g/mol. The van der Waals surface area contributed by atoms with Crippen LogP contribution in [0.15, 0.2) is 55.3 Å². The molecule has 0 unspecified atom stereocenters. The van der Waals surface area contributed by atoms with Crippen LogP contribution in [0.2, 0.25) is 0 Å². The van der Waals surface area contributed by atoms with Gasteiger partial charge < -0.3 is 4.57 Å². The molecule has 2 rings (SSSR count). The van der Waals surface area contributed by atoms with E-state index in [1.165, 1.54) is 0 Å². The van der Waals surface area contributed by atoms with Crippen LogP contribution >= 0.6 is 0 Å². The first-order chi connectivity index (χ1) is 15.4. The van der Waals surface area contributed by atoms with Crippen LogP contribution in [-0.4, -0.2) is 22.5 Å². The van der Waals surface area contributed by atoms with Crippen molar-refractivity contribution < 1.29 is 4.79 Å². The molecule has 1 amide bonds. The van der Waals surface area contributed by atoms with Gasteiger partial charge in [0.15, 0.2) is 0 Å². The fourth-order valence-corrected chi connectivity index (χ4v) is 3.68. The number of anilines is 1. The maximum atomic E-state index is 13.6.